The Morgan fingerprint density at radius 2 is 2.23 bits per heavy atom. The smallest absolute Gasteiger partial charge is 0.242 e. The molecule has 0 aromatic carbocycles. The van der Waals surface area contributed by atoms with Crippen LogP contribution in [0.5, 0.6) is 0 Å². The van der Waals surface area contributed by atoms with E-state index in [4.69, 9.17) is 5.73 Å². The largest absolute Gasteiger partial charge is 0.346 e. The first-order valence-corrected chi connectivity index (χ1v) is 8.72. The number of rotatable bonds is 5. The van der Waals surface area contributed by atoms with Crippen LogP contribution in [-0.4, -0.2) is 35.8 Å². The molecule has 22 heavy (non-hydrogen) atoms. The molecule has 0 saturated heterocycles. The van der Waals surface area contributed by atoms with Crippen LogP contribution in [0.15, 0.2) is 11.4 Å². The third kappa shape index (κ3) is 3.50. The zero-order valence-electron chi connectivity index (χ0n) is 13.5. The summed E-state index contributed by atoms with van der Waals surface area (Å²) in [5, 5.41) is 4.76. The van der Waals surface area contributed by atoms with Crippen molar-refractivity contribution in [2.24, 2.45) is 11.7 Å². The van der Waals surface area contributed by atoms with Gasteiger partial charge in [-0.3, -0.25) is 9.59 Å². The van der Waals surface area contributed by atoms with Crippen molar-refractivity contribution < 1.29 is 9.59 Å². The van der Waals surface area contributed by atoms with Crippen LogP contribution in [0.25, 0.3) is 0 Å². The maximum atomic E-state index is 12.5. The van der Waals surface area contributed by atoms with Gasteiger partial charge in [0, 0.05) is 11.4 Å². The van der Waals surface area contributed by atoms with Gasteiger partial charge >= 0.3 is 0 Å². The summed E-state index contributed by atoms with van der Waals surface area (Å²) >= 11 is 1.76. The SMILES string of the molecule is CCC1c2ccsc2CCN1C(=O)CNC(=O)[C@@H](N)C(C)C. The molecule has 2 atom stereocenters. The second kappa shape index (κ2) is 7.24. The van der Waals surface area contributed by atoms with Crippen LogP contribution < -0.4 is 11.1 Å². The van der Waals surface area contributed by atoms with Crippen LogP contribution in [0.3, 0.4) is 0 Å². The van der Waals surface area contributed by atoms with Crippen LogP contribution in [0, 0.1) is 5.92 Å². The van der Waals surface area contributed by atoms with E-state index >= 15 is 0 Å². The van der Waals surface area contributed by atoms with E-state index in [0.29, 0.717) is 0 Å². The van der Waals surface area contributed by atoms with Crippen molar-refractivity contribution in [3.63, 3.8) is 0 Å². The average molecular weight is 323 g/mol. The van der Waals surface area contributed by atoms with E-state index in [1.54, 1.807) is 11.3 Å². The molecule has 5 nitrogen and oxygen atoms in total. The number of thiophene rings is 1. The Hall–Kier alpha value is -1.40. The number of nitrogens with zero attached hydrogens (tertiary/aromatic N) is 1. The Morgan fingerprint density at radius 1 is 1.50 bits per heavy atom. The summed E-state index contributed by atoms with van der Waals surface area (Å²) in [5.74, 6) is -0.237. The molecule has 2 rings (SSSR count). The van der Waals surface area contributed by atoms with Gasteiger partial charge in [0.05, 0.1) is 18.6 Å². The lowest BCUT2D eigenvalue weighted by Gasteiger charge is -2.35. The third-order valence-corrected chi connectivity index (χ3v) is 5.23. The highest BCUT2D eigenvalue weighted by Crippen LogP contribution is 2.35. The molecule has 0 bridgehead atoms. The first-order valence-electron chi connectivity index (χ1n) is 7.84. The van der Waals surface area contributed by atoms with Crippen molar-refractivity contribution in [2.75, 3.05) is 13.1 Å². The first-order chi connectivity index (χ1) is 10.5. The summed E-state index contributed by atoms with van der Waals surface area (Å²) < 4.78 is 0. The van der Waals surface area contributed by atoms with E-state index in [1.165, 1.54) is 10.4 Å². The molecule has 0 saturated carbocycles. The van der Waals surface area contributed by atoms with Gasteiger partial charge in [-0.15, -0.1) is 11.3 Å². The predicted molar refractivity (Wildman–Crippen MR) is 88.6 cm³/mol. The van der Waals surface area contributed by atoms with Crippen LogP contribution in [0.4, 0.5) is 0 Å². The fourth-order valence-corrected chi connectivity index (χ4v) is 3.75. The molecular formula is C16H25N3O2S. The number of hydrogen-bond donors (Lipinski definition) is 2. The molecule has 1 aromatic rings. The third-order valence-electron chi connectivity index (χ3n) is 4.24. The minimum atomic E-state index is -0.570. The summed E-state index contributed by atoms with van der Waals surface area (Å²) in [4.78, 5) is 27.6. The van der Waals surface area contributed by atoms with Gasteiger partial charge in [0.2, 0.25) is 11.8 Å². The summed E-state index contributed by atoms with van der Waals surface area (Å²) in [6.45, 7) is 6.61. The molecule has 0 fully saturated rings. The zero-order valence-corrected chi connectivity index (χ0v) is 14.3. The standard InChI is InChI=1S/C16H25N3O2S/c1-4-12-11-6-8-22-13(11)5-7-19(12)14(20)9-18-16(21)15(17)10(2)3/h6,8,10,12,15H,4-5,7,9,17H2,1-3H3,(H,18,21)/t12?,15-/m0/s1. The van der Waals surface area contributed by atoms with Crippen molar-refractivity contribution in [3.05, 3.63) is 21.9 Å². The molecule has 2 heterocycles. The number of fused-ring (bicyclic) bond motifs is 1. The number of hydrogen-bond acceptors (Lipinski definition) is 4. The molecule has 1 unspecified atom stereocenters. The van der Waals surface area contributed by atoms with Gasteiger partial charge in [-0.05, 0) is 35.8 Å². The lowest BCUT2D eigenvalue weighted by atomic mass is 9.97. The molecule has 0 radical (unpaired) electrons. The number of nitrogens with two attached hydrogens (primary N) is 1. The molecule has 1 aromatic heterocycles. The number of carbonyl (C=O) groups is 2. The van der Waals surface area contributed by atoms with E-state index in [1.807, 2.05) is 18.7 Å². The van der Waals surface area contributed by atoms with Gasteiger partial charge in [-0.25, -0.2) is 0 Å². The molecular weight excluding hydrogens is 298 g/mol. The second-order valence-corrected chi connectivity index (χ2v) is 7.05. The Bertz CT molecular complexity index is 541. The highest BCUT2D eigenvalue weighted by atomic mass is 32.1. The molecule has 0 spiro atoms. The minimum absolute atomic E-state index is 0.0230. The summed E-state index contributed by atoms with van der Waals surface area (Å²) in [6, 6.07) is 1.67. The predicted octanol–water partition coefficient (Wildman–Crippen LogP) is 1.68. The fourth-order valence-electron chi connectivity index (χ4n) is 2.82. The Morgan fingerprint density at radius 3 is 2.86 bits per heavy atom. The van der Waals surface area contributed by atoms with Gasteiger partial charge < -0.3 is 16.0 Å². The van der Waals surface area contributed by atoms with Crippen molar-refractivity contribution in [1.29, 1.82) is 0 Å². The quantitative estimate of drug-likeness (QED) is 0.866. The van der Waals surface area contributed by atoms with Gasteiger partial charge in [-0.1, -0.05) is 20.8 Å². The Kier molecular flexibility index (Phi) is 5.58. The first kappa shape index (κ1) is 17.0. The molecule has 6 heteroatoms. The molecule has 0 aliphatic carbocycles. The molecule has 122 valence electrons. The summed E-state index contributed by atoms with van der Waals surface area (Å²) in [7, 11) is 0. The lowest BCUT2D eigenvalue weighted by molar-refractivity contribution is -0.135. The van der Waals surface area contributed by atoms with Gasteiger partial charge in [0.25, 0.3) is 0 Å². The van der Waals surface area contributed by atoms with Crippen LogP contribution in [0.1, 0.15) is 43.7 Å². The van der Waals surface area contributed by atoms with E-state index in [2.05, 4.69) is 23.7 Å². The molecule has 1 aliphatic heterocycles. The highest BCUT2D eigenvalue weighted by molar-refractivity contribution is 7.10. The van der Waals surface area contributed by atoms with Crippen molar-refractivity contribution in [1.82, 2.24) is 10.2 Å². The number of nitrogens with one attached hydrogen (secondary N) is 1. The van der Waals surface area contributed by atoms with Crippen LogP contribution in [-0.2, 0) is 16.0 Å². The maximum Gasteiger partial charge on any atom is 0.242 e. The monoisotopic (exact) mass is 323 g/mol. The maximum absolute atomic E-state index is 12.5. The van der Waals surface area contributed by atoms with E-state index < -0.39 is 6.04 Å². The Balaban J connectivity index is 1.97. The minimum Gasteiger partial charge on any atom is -0.346 e. The zero-order chi connectivity index (χ0) is 16.3. The fraction of sp³-hybridized carbons (Fsp3) is 0.625. The van der Waals surface area contributed by atoms with E-state index in [-0.39, 0.29) is 30.3 Å². The van der Waals surface area contributed by atoms with Gasteiger partial charge in [0.1, 0.15) is 0 Å². The summed E-state index contributed by atoms with van der Waals surface area (Å²) in [5.41, 5.74) is 7.05. The van der Waals surface area contributed by atoms with Gasteiger partial charge in [-0.2, -0.15) is 0 Å². The van der Waals surface area contributed by atoms with Gasteiger partial charge in [0.15, 0.2) is 0 Å². The summed E-state index contributed by atoms with van der Waals surface area (Å²) in [6.07, 6.45) is 1.78. The van der Waals surface area contributed by atoms with Crippen LogP contribution in [0.2, 0.25) is 0 Å². The Labute approximate surface area is 135 Å². The molecule has 3 N–H and O–H groups in total. The highest BCUT2D eigenvalue weighted by Gasteiger charge is 2.30. The van der Waals surface area contributed by atoms with Crippen molar-refractivity contribution >= 4 is 23.2 Å². The molecule has 2 amide bonds. The van der Waals surface area contributed by atoms with E-state index in [0.717, 1.165) is 19.4 Å². The number of amides is 2. The van der Waals surface area contributed by atoms with Crippen LogP contribution >= 0.6 is 11.3 Å². The second-order valence-electron chi connectivity index (χ2n) is 6.05. The van der Waals surface area contributed by atoms with Crippen molar-refractivity contribution in [3.8, 4) is 0 Å². The lowest BCUT2D eigenvalue weighted by Crippen LogP contribution is -2.49. The van der Waals surface area contributed by atoms with Crippen molar-refractivity contribution in [2.45, 2.75) is 45.7 Å². The topological polar surface area (TPSA) is 75.4 Å². The average Bonchev–Trinajstić information content (AvgIpc) is 2.98. The normalized spacial score (nSPS) is 19.0. The van der Waals surface area contributed by atoms with E-state index in [9.17, 15) is 9.59 Å². The molecule has 1 aliphatic rings. The number of carbonyl (C=O) groups excluding carboxylic acids is 2.